The van der Waals surface area contributed by atoms with E-state index in [1.165, 1.54) is 59.3 Å². The third kappa shape index (κ3) is 29.0. The van der Waals surface area contributed by atoms with Crippen molar-refractivity contribution < 1.29 is 106 Å². The quantitative estimate of drug-likeness (QED) is 0.0390. The number of halogens is 2. The van der Waals surface area contributed by atoms with Gasteiger partial charge in [-0.3, -0.25) is 76.7 Å². The van der Waals surface area contributed by atoms with E-state index in [9.17, 15) is 53.6 Å². The molecule has 1 aromatic heterocycles. The molecule has 0 unspecified atom stereocenters. The number of likely N-dealkylation sites (N-methyl/N-ethyl adjacent to an activating group) is 3. The van der Waals surface area contributed by atoms with Crippen LogP contribution in [0.1, 0.15) is 120 Å². The van der Waals surface area contributed by atoms with E-state index in [1.54, 1.807) is 112 Å². The van der Waals surface area contributed by atoms with Crippen molar-refractivity contribution in [1.82, 2.24) is 77.3 Å². The summed E-state index contributed by atoms with van der Waals surface area (Å²) in [6, 6.07) is 10.6. The van der Waals surface area contributed by atoms with Crippen molar-refractivity contribution in [2.75, 3.05) is 58.8 Å². The maximum absolute atomic E-state index is 15.7. The predicted molar refractivity (Wildman–Crippen MR) is 485 cm³/mol. The van der Waals surface area contributed by atoms with Gasteiger partial charge in [-0.05, 0) is 102 Å². The first-order valence-corrected chi connectivity index (χ1v) is 45.5. The van der Waals surface area contributed by atoms with Crippen LogP contribution in [0.4, 0.5) is 8.78 Å². The Balaban J connectivity index is 1.14. The average molecular weight is 1870 g/mol. The van der Waals surface area contributed by atoms with Crippen molar-refractivity contribution in [1.29, 1.82) is 0 Å². The summed E-state index contributed by atoms with van der Waals surface area (Å²) in [5, 5.41) is 67.9. The van der Waals surface area contributed by atoms with Gasteiger partial charge in [0.2, 0.25) is 88.6 Å². The second kappa shape index (κ2) is 49.0. The summed E-state index contributed by atoms with van der Waals surface area (Å²) in [4.78, 5) is 246. The summed E-state index contributed by atoms with van der Waals surface area (Å²) in [6.07, 6.45) is -4.63. The van der Waals surface area contributed by atoms with Crippen LogP contribution in [0.25, 0.3) is 10.9 Å². The van der Waals surface area contributed by atoms with Gasteiger partial charge in [0.05, 0.1) is 30.9 Å². The first-order valence-electron chi connectivity index (χ1n) is 44.3. The molecule has 133 heavy (non-hydrogen) atoms. The molecule has 6 aromatic rings. The van der Waals surface area contributed by atoms with E-state index in [-0.39, 0.29) is 75.6 Å². The van der Waals surface area contributed by atoms with Crippen LogP contribution in [0.3, 0.4) is 0 Å². The fraction of sp³-hybridized carbons (Fsp3) is 0.484. The van der Waals surface area contributed by atoms with Crippen LogP contribution < -0.4 is 59.3 Å². The third-order valence-corrected chi connectivity index (χ3v) is 24.7. The number of hydrogen-bond donors (Lipinski definition) is 16. The Hall–Kier alpha value is -13.0. The van der Waals surface area contributed by atoms with Gasteiger partial charge >= 0.3 is 5.97 Å². The number of rotatable bonds is 24. The van der Waals surface area contributed by atoms with Crippen LogP contribution in [0, 0.1) is 23.5 Å². The number of benzene rings is 5. The fourth-order valence-corrected chi connectivity index (χ4v) is 17.3. The van der Waals surface area contributed by atoms with Crippen LogP contribution in [0.15, 0.2) is 134 Å². The molecule has 0 aliphatic carbocycles. The number of aliphatic hydroxyl groups is 2. The zero-order valence-electron chi connectivity index (χ0n) is 75.5. The molecular formula is C93H121F2N17O20S. The Morgan fingerprint density at radius 1 is 0.519 bits per heavy atom. The summed E-state index contributed by atoms with van der Waals surface area (Å²) in [5.41, 5.74) is 13.9. The molecule has 15 amide bonds. The second-order valence-electron chi connectivity index (χ2n) is 34.7. The van der Waals surface area contributed by atoms with Crippen LogP contribution in [0.2, 0.25) is 0 Å². The van der Waals surface area contributed by atoms with Gasteiger partial charge in [0.15, 0.2) is 11.6 Å². The summed E-state index contributed by atoms with van der Waals surface area (Å²) < 4.78 is 29.8. The number of phenolic OH excluding ortho intramolecular Hbond substituents is 1. The number of carboxylic acid groups (broad SMARTS) is 1. The SMILES string of the molecule is CCCC[C@H]1C(=O)N2C[C@H](O)C[C@@H]2C(=O)N[C@@H](CC(=O)O)C(=O)N[C@@H](C(C)C)C(=O)N(C)[C@H](Cc2ccccc2)C(=O)N[C@@H](CCCN)C(=O)N2C[C@H](O)C[C@@H]2C(=O)N[C@@H](Cc2c[nH]c3ccccc23)C(=O)N[C@@H](Cc2ccc(O)cc2)C(=O)N[C@@H](CC(C)C)C(=O)N[C@H](C(=O)NCC(N)=O)CSCC(=O)N[C@@H](Cc2ccc(F)c(F)c2)C(=O)N(C)[C@@H](Cc2ccccc2)C(=O)N1C. The number of carbonyl (C=O) groups is 16. The zero-order valence-corrected chi connectivity index (χ0v) is 76.4. The number of hydrogen-bond acceptors (Lipinski definition) is 21. The van der Waals surface area contributed by atoms with Crippen molar-refractivity contribution in [2.24, 2.45) is 23.3 Å². The lowest BCUT2D eigenvalue weighted by Crippen LogP contribution is -2.62. The maximum Gasteiger partial charge on any atom is 0.305 e. The number of phenols is 1. The van der Waals surface area contributed by atoms with Gasteiger partial charge in [-0.25, -0.2) is 8.78 Å². The number of nitrogens with one attached hydrogen (secondary N) is 10. The molecule has 0 saturated carbocycles. The lowest BCUT2D eigenvalue weighted by atomic mass is 9.98. The number of carboxylic acids is 1. The van der Waals surface area contributed by atoms with Crippen molar-refractivity contribution in [3.63, 3.8) is 0 Å². The minimum Gasteiger partial charge on any atom is -0.508 e. The molecule has 3 aliphatic rings. The van der Waals surface area contributed by atoms with E-state index < -0.39 is 266 Å². The number of amides is 15. The topological polar surface area (TPSA) is 546 Å². The van der Waals surface area contributed by atoms with E-state index in [4.69, 9.17) is 11.5 Å². The molecule has 0 bridgehead atoms. The minimum absolute atomic E-state index is 0.0251. The van der Waals surface area contributed by atoms with Gasteiger partial charge in [0.25, 0.3) is 0 Å². The van der Waals surface area contributed by atoms with Crippen LogP contribution in [0.5, 0.6) is 5.75 Å². The number of aliphatic hydroxyl groups excluding tert-OH is 2. The number of aliphatic carboxylic acids is 1. The number of nitrogens with zero attached hydrogens (tertiary/aromatic N) is 5. The second-order valence-corrected chi connectivity index (χ2v) is 35.7. The Morgan fingerprint density at radius 3 is 1.62 bits per heavy atom. The Morgan fingerprint density at radius 2 is 1.04 bits per heavy atom. The summed E-state index contributed by atoms with van der Waals surface area (Å²) in [5.74, 6) is -21.7. The number of aromatic nitrogens is 1. The zero-order chi connectivity index (χ0) is 97.2. The first kappa shape index (κ1) is 104. The highest BCUT2D eigenvalue weighted by molar-refractivity contribution is 8.00. The molecule has 718 valence electrons. The number of fused-ring (bicyclic) bond motifs is 3. The highest BCUT2D eigenvalue weighted by Gasteiger charge is 2.48. The van der Waals surface area contributed by atoms with E-state index in [0.717, 1.165) is 42.7 Å². The summed E-state index contributed by atoms with van der Waals surface area (Å²) in [6.45, 7) is 6.46. The monoisotopic (exact) mass is 1870 g/mol. The van der Waals surface area contributed by atoms with Gasteiger partial charge in [0.1, 0.15) is 84.3 Å². The molecule has 3 aliphatic heterocycles. The number of primary amides is 1. The molecule has 37 nitrogen and oxygen atoms in total. The highest BCUT2D eigenvalue weighted by Crippen LogP contribution is 2.29. The first-order chi connectivity index (χ1) is 63.2. The lowest BCUT2D eigenvalue weighted by molar-refractivity contribution is -0.152. The lowest BCUT2D eigenvalue weighted by Gasteiger charge is -2.38. The van der Waals surface area contributed by atoms with Gasteiger partial charge < -0.3 is 109 Å². The minimum atomic E-state index is -2.02. The third-order valence-electron chi connectivity index (χ3n) is 23.7. The molecule has 15 atom stereocenters. The molecular weight excluding hydrogens is 1750 g/mol. The van der Waals surface area contributed by atoms with E-state index in [2.05, 4.69) is 52.8 Å². The van der Waals surface area contributed by atoms with Crippen molar-refractivity contribution >= 4 is 117 Å². The van der Waals surface area contributed by atoms with Crippen molar-refractivity contribution in [2.45, 2.75) is 215 Å². The van der Waals surface area contributed by atoms with E-state index >= 15 is 52.3 Å². The number of unbranched alkanes of at least 4 members (excludes halogenated alkanes) is 1. The van der Waals surface area contributed by atoms with Gasteiger partial charge in [0, 0.05) is 102 Å². The molecule has 3 saturated heterocycles. The maximum atomic E-state index is 15.7. The standard InChI is InChI=1S/C93H121F2N17O20S/c1-9-10-27-72-92(131)112-48-60(115)43-75(112)88(127)105-69(44-79(118)119)85(124)107-80(52(4)5)93(132)109(7)73(39-53-20-13-11-14-21-53)86(125)101-65(26-19-34-96)90(129)111-47-59(114)42-74(111)87(126)104-68(41-57-45-98-64-25-18-17-24-61(57)64)84(123)103-67(37-55-28-31-58(113)32-29-55)83(122)102-66(35-51(2)3)82(121)106-71(81(120)99-46-77(97)116)49-133-50-78(117)100-70(38-56-30-33-62(94)63(95)36-56)89(128)110(8)76(91(130)108(72)6)40-54-22-15-12-16-23-54/h11-18,20-25,28-33,36,45,51-52,59-60,65-76,80,98,113-115H,9-10,19,26-27,34-35,37-44,46-50,96H2,1-8H3,(H2,97,116)(H,99,120)(H,100,117)(H,101,125)(H,102,122)(H,103,123)(H,104,126)(H,105,127)(H,106,121)(H,107,124)(H,118,119)/t59-,60-,65+,66+,67+,68+,69+,70+,71+,72+,73-,74-,75-,76+,80+/m1/s1. The number of para-hydroxylation sites is 1. The van der Waals surface area contributed by atoms with E-state index in [0.29, 0.717) is 51.3 Å². The summed E-state index contributed by atoms with van der Waals surface area (Å²) in [7, 11) is 3.76. The van der Waals surface area contributed by atoms with Crippen molar-refractivity contribution in [3.05, 3.63) is 173 Å². The van der Waals surface area contributed by atoms with Crippen molar-refractivity contribution in [3.8, 4) is 5.75 Å². The number of aromatic amines is 1. The Bertz CT molecular complexity index is 5140. The molecule has 9 rings (SSSR count). The summed E-state index contributed by atoms with van der Waals surface area (Å²) >= 11 is 0.712. The highest BCUT2D eigenvalue weighted by atomic mass is 32.2. The number of H-pyrrole nitrogens is 1. The normalized spacial score (nSPS) is 24.7. The van der Waals surface area contributed by atoms with Gasteiger partial charge in [-0.1, -0.05) is 145 Å². The molecule has 5 aromatic carbocycles. The van der Waals surface area contributed by atoms with Crippen LogP contribution in [-0.4, -0.2) is 294 Å². The fourth-order valence-electron chi connectivity index (χ4n) is 16.5. The average Bonchev–Trinajstić information content (AvgIpc) is 1.76. The smallest absolute Gasteiger partial charge is 0.305 e. The molecule has 40 heteroatoms. The molecule has 3 fully saturated rings. The Kier molecular flexibility index (Phi) is 38.2. The molecule has 18 N–H and O–H groups in total. The van der Waals surface area contributed by atoms with E-state index in [1.807, 2.05) is 0 Å². The van der Waals surface area contributed by atoms with Crippen LogP contribution in [-0.2, 0) is 109 Å². The van der Waals surface area contributed by atoms with Crippen LogP contribution >= 0.6 is 11.8 Å². The molecule has 0 spiro atoms. The number of aromatic hydroxyl groups is 1. The number of thioether (sulfide) groups is 1. The predicted octanol–water partition coefficient (Wildman–Crippen LogP) is 0.402. The Labute approximate surface area is 772 Å². The van der Waals surface area contributed by atoms with Gasteiger partial charge in [-0.2, -0.15) is 0 Å². The molecule has 4 heterocycles. The molecule has 0 radical (unpaired) electrons. The number of carbonyl (C=O) groups excluding carboxylic acids is 15. The number of nitrogens with two attached hydrogens (primary N) is 2. The van der Waals surface area contributed by atoms with Gasteiger partial charge in [-0.15, -0.1) is 11.8 Å². The largest absolute Gasteiger partial charge is 0.508 e.